The summed E-state index contributed by atoms with van der Waals surface area (Å²) in [4.78, 5) is 21.5. The predicted octanol–water partition coefficient (Wildman–Crippen LogP) is 3.89. The fourth-order valence-corrected chi connectivity index (χ4v) is 3.42. The zero-order valence-electron chi connectivity index (χ0n) is 14.5. The largest absolute Gasteiger partial charge is 0.446 e. The second kappa shape index (κ2) is 7.51. The molecule has 3 heterocycles. The maximum atomic E-state index is 12.7. The number of nitrogens with zero attached hydrogens (tertiary/aromatic N) is 4. The summed E-state index contributed by atoms with van der Waals surface area (Å²) in [6, 6.07) is 15.1. The van der Waals surface area contributed by atoms with Crippen molar-refractivity contribution in [3.63, 3.8) is 0 Å². The summed E-state index contributed by atoms with van der Waals surface area (Å²) in [6.45, 7) is 0. The van der Waals surface area contributed by atoms with Crippen LogP contribution in [0.25, 0.3) is 10.6 Å². The number of thiazole rings is 1. The number of ether oxygens (including phenoxy) is 1. The van der Waals surface area contributed by atoms with Gasteiger partial charge in [-0.05, 0) is 17.7 Å². The third kappa shape index (κ3) is 3.78. The molecule has 0 amide bonds. The van der Waals surface area contributed by atoms with Crippen molar-refractivity contribution in [3.8, 4) is 10.6 Å². The number of benzene rings is 1. The van der Waals surface area contributed by atoms with Gasteiger partial charge in [-0.25, -0.2) is 9.78 Å². The molecule has 0 fully saturated rings. The molecule has 0 unspecified atom stereocenters. The third-order valence-corrected chi connectivity index (χ3v) is 4.84. The molecule has 0 aliphatic rings. The number of pyridine rings is 1. The molecule has 0 aliphatic carbocycles. The summed E-state index contributed by atoms with van der Waals surface area (Å²) in [5, 5.41) is 6.56. The molecule has 0 saturated heterocycles. The molecule has 0 spiro atoms. The molecule has 134 valence electrons. The van der Waals surface area contributed by atoms with E-state index in [0.717, 1.165) is 16.1 Å². The highest BCUT2D eigenvalue weighted by atomic mass is 32.1. The van der Waals surface area contributed by atoms with Crippen LogP contribution in [-0.2, 0) is 11.8 Å². The molecular weight excluding hydrogens is 360 g/mol. The van der Waals surface area contributed by atoms with E-state index < -0.39 is 12.1 Å². The maximum Gasteiger partial charge on any atom is 0.358 e. The minimum Gasteiger partial charge on any atom is -0.446 e. The first kappa shape index (κ1) is 17.1. The van der Waals surface area contributed by atoms with Gasteiger partial charge in [0.05, 0.1) is 11.9 Å². The van der Waals surface area contributed by atoms with Crippen LogP contribution in [0.4, 0.5) is 0 Å². The molecule has 4 rings (SSSR count). The SMILES string of the molecule is Cn1cc(-c2nc(C(=O)O[C@H](c3ccccc3)c3ccccn3)cs2)cn1. The predicted molar refractivity (Wildman–Crippen MR) is 102 cm³/mol. The number of rotatable bonds is 5. The van der Waals surface area contributed by atoms with E-state index in [4.69, 9.17) is 4.74 Å². The Balaban J connectivity index is 1.60. The van der Waals surface area contributed by atoms with Crippen molar-refractivity contribution >= 4 is 17.3 Å². The Labute approximate surface area is 160 Å². The van der Waals surface area contributed by atoms with Crippen LogP contribution in [0.15, 0.2) is 72.5 Å². The number of aromatic nitrogens is 4. The quantitative estimate of drug-likeness (QED) is 0.494. The van der Waals surface area contributed by atoms with Gasteiger partial charge in [0.15, 0.2) is 11.8 Å². The summed E-state index contributed by atoms with van der Waals surface area (Å²) in [5.41, 5.74) is 2.66. The minimum absolute atomic E-state index is 0.274. The van der Waals surface area contributed by atoms with Crippen LogP contribution >= 0.6 is 11.3 Å². The monoisotopic (exact) mass is 376 g/mol. The van der Waals surface area contributed by atoms with Crippen LogP contribution < -0.4 is 0 Å². The maximum absolute atomic E-state index is 12.7. The number of esters is 1. The average Bonchev–Trinajstić information content (AvgIpc) is 3.36. The standard InChI is InChI=1S/C20H16N4O2S/c1-24-12-15(11-22-24)19-23-17(13-27-19)20(25)26-18(14-7-3-2-4-8-14)16-9-5-6-10-21-16/h2-13,18H,1H3/t18-/m1/s1. The lowest BCUT2D eigenvalue weighted by Gasteiger charge is -2.17. The van der Waals surface area contributed by atoms with E-state index in [1.165, 1.54) is 11.3 Å². The average molecular weight is 376 g/mol. The van der Waals surface area contributed by atoms with E-state index in [0.29, 0.717) is 5.69 Å². The molecule has 6 nitrogen and oxygen atoms in total. The molecule has 0 bridgehead atoms. The van der Waals surface area contributed by atoms with E-state index in [9.17, 15) is 4.79 Å². The van der Waals surface area contributed by atoms with Crippen molar-refractivity contribution in [2.75, 3.05) is 0 Å². The van der Waals surface area contributed by atoms with Crippen LogP contribution in [0, 0.1) is 0 Å². The Morgan fingerprint density at radius 2 is 1.96 bits per heavy atom. The van der Waals surface area contributed by atoms with Gasteiger partial charge in [-0.1, -0.05) is 36.4 Å². The lowest BCUT2D eigenvalue weighted by Crippen LogP contribution is -2.14. The molecule has 0 N–H and O–H groups in total. The smallest absolute Gasteiger partial charge is 0.358 e. The first-order valence-corrected chi connectivity index (χ1v) is 9.20. The molecule has 4 aromatic rings. The first-order valence-electron chi connectivity index (χ1n) is 8.32. The molecule has 1 atom stereocenters. The van der Waals surface area contributed by atoms with Crippen molar-refractivity contribution < 1.29 is 9.53 Å². The zero-order chi connectivity index (χ0) is 18.6. The Bertz CT molecular complexity index is 1000. The molecule has 0 aliphatic heterocycles. The first-order chi connectivity index (χ1) is 13.2. The molecule has 3 aromatic heterocycles. The van der Waals surface area contributed by atoms with Crippen molar-refractivity contribution in [2.45, 2.75) is 6.10 Å². The van der Waals surface area contributed by atoms with Gasteiger partial charge in [0.2, 0.25) is 0 Å². The molecule has 1 aromatic carbocycles. The molecule has 7 heteroatoms. The summed E-state index contributed by atoms with van der Waals surface area (Å²) in [6.07, 6.45) is 4.66. The van der Waals surface area contributed by atoms with Crippen molar-refractivity contribution in [1.29, 1.82) is 0 Å². The molecular formula is C20H16N4O2S. The summed E-state index contributed by atoms with van der Waals surface area (Å²) in [7, 11) is 1.84. The number of carbonyl (C=O) groups excluding carboxylic acids is 1. The third-order valence-electron chi connectivity index (χ3n) is 3.95. The van der Waals surface area contributed by atoms with Gasteiger partial charge in [-0.15, -0.1) is 11.3 Å². The Kier molecular flexibility index (Phi) is 4.76. The number of aryl methyl sites for hydroxylation is 1. The van der Waals surface area contributed by atoms with E-state index in [1.807, 2.05) is 61.8 Å². The van der Waals surface area contributed by atoms with Crippen LogP contribution in [0.5, 0.6) is 0 Å². The second-order valence-corrected chi connectivity index (χ2v) is 6.75. The van der Waals surface area contributed by atoms with E-state index in [1.54, 1.807) is 22.5 Å². The van der Waals surface area contributed by atoms with Crippen molar-refractivity contribution in [3.05, 3.63) is 89.5 Å². The van der Waals surface area contributed by atoms with Crippen LogP contribution in [-0.4, -0.2) is 25.7 Å². The van der Waals surface area contributed by atoms with Gasteiger partial charge in [-0.2, -0.15) is 5.10 Å². The molecule has 0 radical (unpaired) electrons. The second-order valence-electron chi connectivity index (χ2n) is 5.89. The van der Waals surface area contributed by atoms with Crippen LogP contribution in [0.1, 0.15) is 27.8 Å². The fourth-order valence-electron chi connectivity index (χ4n) is 2.66. The highest BCUT2D eigenvalue weighted by molar-refractivity contribution is 7.13. The van der Waals surface area contributed by atoms with Crippen molar-refractivity contribution in [1.82, 2.24) is 19.7 Å². The van der Waals surface area contributed by atoms with Crippen LogP contribution in [0.3, 0.4) is 0 Å². The van der Waals surface area contributed by atoms with Gasteiger partial charge in [-0.3, -0.25) is 9.67 Å². The number of hydrogen-bond acceptors (Lipinski definition) is 6. The molecule has 0 saturated carbocycles. The summed E-state index contributed by atoms with van der Waals surface area (Å²) in [5.74, 6) is -0.485. The Morgan fingerprint density at radius 3 is 2.67 bits per heavy atom. The normalized spacial score (nSPS) is 11.9. The summed E-state index contributed by atoms with van der Waals surface area (Å²) < 4.78 is 7.48. The van der Waals surface area contributed by atoms with Gasteiger partial charge in [0.1, 0.15) is 5.01 Å². The van der Waals surface area contributed by atoms with Gasteiger partial charge >= 0.3 is 5.97 Å². The minimum atomic E-state index is -0.594. The van der Waals surface area contributed by atoms with E-state index in [-0.39, 0.29) is 5.69 Å². The Morgan fingerprint density at radius 1 is 1.15 bits per heavy atom. The highest BCUT2D eigenvalue weighted by Gasteiger charge is 2.23. The Hall–Kier alpha value is -3.32. The van der Waals surface area contributed by atoms with E-state index in [2.05, 4.69) is 15.1 Å². The highest BCUT2D eigenvalue weighted by Crippen LogP contribution is 2.27. The topological polar surface area (TPSA) is 69.9 Å². The number of carbonyl (C=O) groups is 1. The van der Waals surface area contributed by atoms with Crippen LogP contribution in [0.2, 0.25) is 0 Å². The number of hydrogen-bond donors (Lipinski definition) is 0. The van der Waals surface area contributed by atoms with Gasteiger partial charge in [0, 0.05) is 30.4 Å². The van der Waals surface area contributed by atoms with Gasteiger partial charge < -0.3 is 4.74 Å². The lowest BCUT2D eigenvalue weighted by molar-refractivity contribution is 0.0364. The zero-order valence-corrected chi connectivity index (χ0v) is 15.3. The van der Waals surface area contributed by atoms with Crippen molar-refractivity contribution in [2.24, 2.45) is 7.05 Å². The van der Waals surface area contributed by atoms with E-state index >= 15 is 0 Å². The summed E-state index contributed by atoms with van der Waals surface area (Å²) >= 11 is 1.38. The van der Waals surface area contributed by atoms with Gasteiger partial charge in [0.25, 0.3) is 0 Å². The fraction of sp³-hybridized carbons (Fsp3) is 0.100. The molecule has 27 heavy (non-hydrogen) atoms. The lowest BCUT2D eigenvalue weighted by atomic mass is 10.1.